The number of aromatic nitrogens is 2. The minimum absolute atomic E-state index is 0.446. The summed E-state index contributed by atoms with van der Waals surface area (Å²) in [6.07, 6.45) is 3.23. The molecule has 2 rings (SSSR count). The van der Waals surface area contributed by atoms with Gasteiger partial charge in [-0.15, -0.1) is 0 Å². The van der Waals surface area contributed by atoms with Crippen LogP contribution in [0.3, 0.4) is 0 Å². The van der Waals surface area contributed by atoms with Gasteiger partial charge in [0.2, 0.25) is 0 Å². The summed E-state index contributed by atoms with van der Waals surface area (Å²) in [5, 5.41) is 0. The Morgan fingerprint density at radius 3 is 2.65 bits per heavy atom. The first-order chi connectivity index (χ1) is 8.18. The minimum atomic E-state index is 0.446. The SMILES string of the molecule is CN(Cc1ccccc1Br)c1nccnc1N. The molecule has 0 aliphatic rings. The number of hydrogen-bond donors (Lipinski definition) is 1. The summed E-state index contributed by atoms with van der Waals surface area (Å²) in [4.78, 5) is 10.2. The van der Waals surface area contributed by atoms with Crippen molar-refractivity contribution < 1.29 is 0 Å². The Morgan fingerprint density at radius 1 is 1.24 bits per heavy atom. The van der Waals surface area contributed by atoms with Crippen LogP contribution in [0.4, 0.5) is 11.6 Å². The molecule has 0 amide bonds. The zero-order valence-electron chi connectivity index (χ0n) is 9.47. The van der Waals surface area contributed by atoms with Crippen LogP contribution < -0.4 is 10.6 Å². The van der Waals surface area contributed by atoms with Crippen molar-refractivity contribution in [1.82, 2.24) is 9.97 Å². The van der Waals surface area contributed by atoms with Crippen LogP contribution in [0.2, 0.25) is 0 Å². The zero-order valence-corrected chi connectivity index (χ0v) is 11.1. The van der Waals surface area contributed by atoms with E-state index in [-0.39, 0.29) is 0 Å². The Bertz CT molecular complexity index is 515. The van der Waals surface area contributed by atoms with Gasteiger partial charge in [0.05, 0.1) is 0 Å². The first kappa shape index (κ1) is 11.9. The number of rotatable bonds is 3. The molecule has 5 heteroatoms. The Balaban J connectivity index is 2.20. The van der Waals surface area contributed by atoms with Crippen molar-refractivity contribution in [3.63, 3.8) is 0 Å². The number of nitrogens with two attached hydrogens (primary N) is 1. The lowest BCUT2D eigenvalue weighted by atomic mass is 10.2. The van der Waals surface area contributed by atoms with Crippen LogP contribution in [0, 0.1) is 0 Å². The highest BCUT2D eigenvalue weighted by atomic mass is 79.9. The molecular formula is C12H13BrN4. The third kappa shape index (κ3) is 2.74. The highest BCUT2D eigenvalue weighted by molar-refractivity contribution is 9.10. The summed E-state index contributed by atoms with van der Waals surface area (Å²) in [7, 11) is 1.94. The van der Waals surface area contributed by atoms with Crippen LogP contribution in [-0.4, -0.2) is 17.0 Å². The Morgan fingerprint density at radius 2 is 1.94 bits per heavy atom. The van der Waals surface area contributed by atoms with E-state index >= 15 is 0 Å². The van der Waals surface area contributed by atoms with Gasteiger partial charge in [-0.25, -0.2) is 9.97 Å². The van der Waals surface area contributed by atoms with Gasteiger partial charge in [0.25, 0.3) is 0 Å². The predicted octanol–water partition coefficient (Wildman–Crippen LogP) is 2.46. The molecule has 0 radical (unpaired) electrons. The third-order valence-corrected chi connectivity index (χ3v) is 3.21. The second kappa shape index (κ2) is 5.14. The van der Waals surface area contributed by atoms with Gasteiger partial charge in [-0.1, -0.05) is 34.1 Å². The van der Waals surface area contributed by atoms with Crippen LogP contribution in [0.5, 0.6) is 0 Å². The first-order valence-corrected chi connectivity index (χ1v) is 5.99. The summed E-state index contributed by atoms with van der Waals surface area (Å²) in [5.74, 6) is 1.14. The standard InChI is InChI=1S/C12H13BrN4/c1-17(12-11(14)15-6-7-16-12)8-9-4-2-3-5-10(9)13/h2-7H,8H2,1H3,(H2,14,15). The average Bonchev–Trinajstić information content (AvgIpc) is 2.32. The average molecular weight is 293 g/mol. The van der Waals surface area contributed by atoms with Gasteiger partial charge in [-0.05, 0) is 11.6 Å². The van der Waals surface area contributed by atoms with Crippen molar-refractivity contribution >= 4 is 27.6 Å². The maximum absolute atomic E-state index is 5.79. The Kier molecular flexibility index (Phi) is 3.58. The van der Waals surface area contributed by atoms with Crippen molar-refractivity contribution in [2.24, 2.45) is 0 Å². The maximum Gasteiger partial charge on any atom is 0.171 e. The largest absolute Gasteiger partial charge is 0.381 e. The Hall–Kier alpha value is -1.62. The van der Waals surface area contributed by atoms with Crippen LogP contribution in [0.1, 0.15) is 5.56 Å². The highest BCUT2D eigenvalue weighted by Gasteiger charge is 2.09. The summed E-state index contributed by atoms with van der Waals surface area (Å²) in [6, 6.07) is 8.08. The molecule has 1 aromatic heterocycles. The fraction of sp³-hybridized carbons (Fsp3) is 0.167. The number of benzene rings is 1. The van der Waals surface area contributed by atoms with Gasteiger partial charge in [0.1, 0.15) is 0 Å². The number of nitrogen functional groups attached to an aromatic ring is 1. The molecule has 0 aliphatic carbocycles. The summed E-state index contributed by atoms with van der Waals surface area (Å²) < 4.78 is 1.08. The highest BCUT2D eigenvalue weighted by Crippen LogP contribution is 2.21. The van der Waals surface area contributed by atoms with Gasteiger partial charge in [-0.2, -0.15) is 0 Å². The van der Waals surface area contributed by atoms with Crippen molar-refractivity contribution in [2.45, 2.75) is 6.54 Å². The lowest BCUT2D eigenvalue weighted by Crippen LogP contribution is -2.19. The van der Waals surface area contributed by atoms with Gasteiger partial charge < -0.3 is 10.6 Å². The lowest BCUT2D eigenvalue weighted by Gasteiger charge is -2.19. The van der Waals surface area contributed by atoms with E-state index in [4.69, 9.17) is 5.73 Å². The number of anilines is 2. The lowest BCUT2D eigenvalue weighted by molar-refractivity contribution is 0.890. The van der Waals surface area contributed by atoms with Crippen molar-refractivity contribution in [1.29, 1.82) is 0 Å². The van der Waals surface area contributed by atoms with E-state index in [0.717, 1.165) is 11.0 Å². The van der Waals surface area contributed by atoms with Crippen LogP contribution in [0.15, 0.2) is 41.1 Å². The molecule has 2 N–H and O–H groups in total. The summed E-state index contributed by atoms with van der Waals surface area (Å²) >= 11 is 3.52. The summed E-state index contributed by atoms with van der Waals surface area (Å²) in [6.45, 7) is 0.727. The number of nitrogens with zero attached hydrogens (tertiary/aromatic N) is 3. The van der Waals surface area contributed by atoms with E-state index in [1.807, 2.05) is 30.1 Å². The van der Waals surface area contributed by atoms with Crippen LogP contribution >= 0.6 is 15.9 Å². The van der Waals surface area contributed by atoms with Gasteiger partial charge in [0, 0.05) is 30.5 Å². The molecule has 2 aromatic rings. The summed E-state index contributed by atoms with van der Waals surface area (Å²) in [5.41, 5.74) is 6.97. The predicted molar refractivity (Wildman–Crippen MR) is 72.7 cm³/mol. The van der Waals surface area contributed by atoms with E-state index in [9.17, 15) is 0 Å². The fourth-order valence-corrected chi connectivity index (χ4v) is 2.00. The fourth-order valence-electron chi connectivity index (χ4n) is 1.59. The Labute approximate surface area is 109 Å². The normalized spacial score (nSPS) is 10.2. The molecule has 0 bridgehead atoms. The molecule has 1 heterocycles. The van der Waals surface area contributed by atoms with E-state index in [1.165, 1.54) is 5.56 Å². The van der Waals surface area contributed by atoms with Crippen LogP contribution in [-0.2, 0) is 6.54 Å². The second-order valence-corrected chi connectivity index (χ2v) is 4.57. The molecule has 0 saturated heterocycles. The molecule has 17 heavy (non-hydrogen) atoms. The van der Waals surface area contributed by atoms with Crippen molar-refractivity contribution in [3.05, 3.63) is 46.7 Å². The zero-order chi connectivity index (χ0) is 12.3. The van der Waals surface area contributed by atoms with Gasteiger partial charge in [0.15, 0.2) is 11.6 Å². The molecule has 0 aliphatic heterocycles. The van der Waals surface area contributed by atoms with Gasteiger partial charge in [-0.3, -0.25) is 0 Å². The molecule has 0 unspecified atom stereocenters. The topological polar surface area (TPSA) is 55.0 Å². The molecule has 1 aromatic carbocycles. The van der Waals surface area contributed by atoms with E-state index < -0.39 is 0 Å². The number of halogens is 1. The molecule has 0 fully saturated rings. The van der Waals surface area contributed by atoms with Crippen LogP contribution in [0.25, 0.3) is 0 Å². The second-order valence-electron chi connectivity index (χ2n) is 3.71. The first-order valence-electron chi connectivity index (χ1n) is 5.19. The van der Waals surface area contributed by atoms with Gasteiger partial charge >= 0.3 is 0 Å². The smallest absolute Gasteiger partial charge is 0.171 e. The van der Waals surface area contributed by atoms with E-state index in [1.54, 1.807) is 12.4 Å². The van der Waals surface area contributed by atoms with Crippen molar-refractivity contribution in [2.75, 3.05) is 17.7 Å². The maximum atomic E-state index is 5.79. The molecule has 4 nitrogen and oxygen atoms in total. The molecule has 0 atom stereocenters. The molecular weight excluding hydrogens is 280 g/mol. The molecule has 0 saturated carbocycles. The van der Waals surface area contributed by atoms with E-state index in [0.29, 0.717) is 11.6 Å². The minimum Gasteiger partial charge on any atom is -0.381 e. The quantitative estimate of drug-likeness (QED) is 0.944. The monoisotopic (exact) mass is 292 g/mol. The number of hydrogen-bond acceptors (Lipinski definition) is 4. The van der Waals surface area contributed by atoms with Crippen molar-refractivity contribution in [3.8, 4) is 0 Å². The van der Waals surface area contributed by atoms with E-state index in [2.05, 4.69) is 32.0 Å². The third-order valence-electron chi connectivity index (χ3n) is 2.43. The molecule has 0 spiro atoms. The molecule has 88 valence electrons.